The van der Waals surface area contributed by atoms with E-state index in [2.05, 4.69) is 10.3 Å². The zero-order valence-electron chi connectivity index (χ0n) is 11.7. The van der Waals surface area contributed by atoms with Gasteiger partial charge in [0.25, 0.3) is 5.56 Å². The van der Waals surface area contributed by atoms with Crippen molar-refractivity contribution in [1.29, 1.82) is 0 Å². The fourth-order valence-electron chi connectivity index (χ4n) is 2.10. The van der Waals surface area contributed by atoms with Gasteiger partial charge >= 0.3 is 0 Å². The van der Waals surface area contributed by atoms with Crippen LogP contribution in [0, 0.1) is 0 Å². The number of benzene rings is 1. The van der Waals surface area contributed by atoms with Crippen molar-refractivity contribution in [3.63, 3.8) is 0 Å². The van der Waals surface area contributed by atoms with Gasteiger partial charge in [-0.15, -0.1) is 0 Å². The summed E-state index contributed by atoms with van der Waals surface area (Å²) < 4.78 is 5.12. The van der Waals surface area contributed by atoms with E-state index in [0.29, 0.717) is 17.9 Å². The van der Waals surface area contributed by atoms with Crippen molar-refractivity contribution in [2.75, 3.05) is 0 Å². The van der Waals surface area contributed by atoms with E-state index in [1.807, 2.05) is 24.3 Å². The van der Waals surface area contributed by atoms with Crippen molar-refractivity contribution in [1.82, 2.24) is 10.3 Å². The summed E-state index contributed by atoms with van der Waals surface area (Å²) in [6.07, 6.45) is 4.39. The molecule has 5 heteroatoms. The van der Waals surface area contributed by atoms with Crippen LogP contribution in [-0.4, -0.2) is 10.9 Å². The third-order valence-electron chi connectivity index (χ3n) is 3.21. The number of hydrogen-bond donors (Lipinski definition) is 2. The van der Waals surface area contributed by atoms with Crippen LogP contribution < -0.4 is 10.9 Å². The highest BCUT2D eigenvalue weighted by Crippen LogP contribution is 2.10. The molecule has 0 atom stereocenters. The van der Waals surface area contributed by atoms with Crippen LogP contribution in [0.25, 0.3) is 17.0 Å². The second-order valence-electron chi connectivity index (χ2n) is 4.77. The van der Waals surface area contributed by atoms with Crippen LogP contribution in [0.3, 0.4) is 0 Å². The van der Waals surface area contributed by atoms with E-state index in [1.165, 1.54) is 12.2 Å². The summed E-state index contributed by atoms with van der Waals surface area (Å²) in [7, 11) is 0. The van der Waals surface area contributed by atoms with Gasteiger partial charge in [-0.05, 0) is 35.7 Å². The fraction of sp³-hybridized carbons (Fsp3) is 0.0588. The molecule has 0 radical (unpaired) electrons. The van der Waals surface area contributed by atoms with Gasteiger partial charge in [0.1, 0.15) is 5.76 Å². The molecular weight excluding hydrogens is 280 g/mol. The van der Waals surface area contributed by atoms with E-state index in [1.54, 1.807) is 24.5 Å². The summed E-state index contributed by atoms with van der Waals surface area (Å²) in [6.45, 7) is 0.310. The number of hydrogen-bond acceptors (Lipinski definition) is 3. The number of aromatic nitrogens is 1. The molecular formula is C17H14N2O3. The number of rotatable bonds is 4. The first-order valence-electron chi connectivity index (χ1n) is 6.83. The van der Waals surface area contributed by atoms with Crippen molar-refractivity contribution in [3.8, 4) is 0 Å². The van der Waals surface area contributed by atoms with Gasteiger partial charge in [0.2, 0.25) is 5.91 Å². The number of carbonyl (C=O) groups is 1. The average molecular weight is 294 g/mol. The van der Waals surface area contributed by atoms with E-state index in [4.69, 9.17) is 4.42 Å². The standard InChI is InChI=1S/C17H14N2O3/c20-16(18-11-14-5-3-9-22-14)8-7-13-10-12-4-1-2-6-15(12)19-17(13)21/h1-10H,11H2,(H,18,20)(H,19,21)/b8-7+. The number of pyridine rings is 1. The summed E-state index contributed by atoms with van der Waals surface area (Å²) >= 11 is 0. The smallest absolute Gasteiger partial charge is 0.255 e. The molecule has 0 aliphatic carbocycles. The SMILES string of the molecule is O=C(/C=C/c1cc2ccccc2[nH]c1=O)NCc1ccco1. The van der Waals surface area contributed by atoms with Gasteiger partial charge < -0.3 is 14.7 Å². The topological polar surface area (TPSA) is 75.1 Å². The lowest BCUT2D eigenvalue weighted by atomic mass is 10.1. The molecule has 0 unspecified atom stereocenters. The highest BCUT2D eigenvalue weighted by Gasteiger charge is 2.02. The van der Waals surface area contributed by atoms with Gasteiger partial charge in [-0.2, -0.15) is 0 Å². The molecule has 5 nitrogen and oxygen atoms in total. The Hall–Kier alpha value is -3.08. The molecule has 1 aromatic carbocycles. The Balaban J connectivity index is 1.73. The van der Waals surface area contributed by atoms with Crippen LogP contribution in [0.4, 0.5) is 0 Å². The maximum Gasteiger partial charge on any atom is 0.255 e. The van der Waals surface area contributed by atoms with Gasteiger partial charge in [-0.25, -0.2) is 0 Å². The summed E-state index contributed by atoms with van der Waals surface area (Å²) in [6, 6.07) is 12.8. The molecule has 0 aliphatic heterocycles. The number of H-pyrrole nitrogens is 1. The Morgan fingerprint density at radius 3 is 2.91 bits per heavy atom. The molecule has 0 bridgehead atoms. The van der Waals surface area contributed by atoms with Crippen LogP contribution in [0.2, 0.25) is 0 Å². The maximum atomic E-state index is 11.9. The van der Waals surface area contributed by atoms with Crippen molar-refractivity contribution in [2.24, 2.45) is 0 Å². The molecule has 0 aliphatic rings. The summed E-state index contributed by atoms with van der Waals surface area (Å²) in [5, 5.41) is 3.59. The molecule has 0 saturated heterocycles. The lowest BCUT2D eigenvalue weighted by molar-refractivity contribution is -0.116. The van der Waals surface area contributed by atoms with E-state index >= 15 is 0 Å². The first kappa shape index (κ1) is 13.9. The molecule has 3 rings (SSSR count). The zero-order valence-corrected chi connectivity index (χ0v) is 11.7. The normalized spacial score (nSPS) is 11.1. The van der Waals surface area contributed by atoms with E-state index in [0.717, 1.165) is 10.9 Å². The average Bonchev–Trinajstić information content (AvgIpc) is 3.04. The largest absolute Gasteiger partial charge is 0.467 e. The van der Waals surface area contributed by atoms with Crippen LogP contribution in [0.1, 0.15) is 11.3 Å². The van der Waals surface area contributed by atoms with Crippen molar-refractivity contribution in [2.45, 2.75) is 6.54 Å². The van der Waals surface area contributed by atoms with Crippen LogP contribution in [-0.2, 0) is 11.3 Å². The predicted octanol–water partition coefficient (Wildman–Crippen LogP) is 2.45. The third-order valence-corrected chi connectivity index (χ3v) is 3.21. The van der Waals surface area contributed by atoms with Crippen molar-refractivity contribution in [3.05, 3.63) is 76.5 Å². The number of amides is 1. The van der Waals surface area contributed by atoms with Crippen LogP contribution in [0.5, 0.6) is 0 Å². The van der Waals surface area contributed by atoms with E-state index in [-0.39, 0.29) is 11.5 Å². The highest BCUT2D eigenvalue weighted by atomic mass is 16.3. The molecule has 2 aromatic heterocycles. The van der Waals surface area contributed by atoms with Gasteiger partial charge in [0, 0.05) is 17.2 Å². The van der Waals surface area contributed by atoms with Gasteiger partial charge in [0.15, 0.2) is 0 Å². The Morgan fingerprint density at radius 1 is 1.23 bits per heavy atom. The molecule has 2 heterocycles. The minimum atomic E-state index is -0.288. The number of para-hydroxylation sites is 1. The second-order valence-corrected chi connectivity index (χ2v) is 4.77. The molecule has 0 saturated carbocycles. The fourth-order valence-corrected chi connectivity index (χ4v) is 2.10. The van der Waals surface area contributed by atoms with Crippen molar-refractivity contribution < 1.29 is 9.21 Å². The molecule has 22 heavy (non-hydrogen) atoms. The van der Waals surface area contributed by atoms with Gasteiger partial charge in [-0.3, -0.25) is 9.59 Å². The third kappa shape index (κ3) is 3.15. The minimum Gasteiger partial charge on any atom is -0.467 e. The summed E-state index contributed by atoms with van der Waals surface area (Å²) in [5.41, 5.74) is 0.979. The van der Waals surface area contributed by atoms with Crippen LogP contribution >= 0.6 is 0 Å². The molecule has 110 valence electrons. The van der Waals surface area contributed by atoms with Crippen molar-refractivity contribution >= 4 is 22.9 Å². The zero-order chi connectivity index (χ0) is 15.4. The molecule has 1 amide bonds. The Kier molecular flexibility index (Phi) is 3.87. The number of carbonyl (C=O) groups excluding carboxylic acids is 1. The lowest BCUT2D eigenvalue weighted by Gasteiger charge is -2.00. The Labute approximate surface area is 126 Å². The highest BCUT2D eigenvalue weighted by molar-refractivity contribution is 5.92. The molecule has 3 aromatic rings. The lowest BCUT2D eigenvalue weighted by Crippen LogP contribution is -2.20. The Morgan fingerprint density at radius 2 is 2.09 bits per heavy atom. The first-order chi connectivity index (χ1) is 10.7. The van der Waals surface area contributed by atoms with E-state index < -0.39 is 0 Å². The number of aromatic amines is 1. The molecule has 0 spiro atoms. The number of fused-ring (bicyclic) bond motifs is 1. The predicted molar refractivity (Wildman–Crippen MR) is 84.2 cm³/mol. The number of nitrogens with one attached hydrogen (secondary N) is 2. The Bertz CT molecular complexity index is 876. The molecule has 2 N–H and O–H groups in total. The minimum absolute atomic E-state index is 0.228. The van der Waals surface area contributed by atoms with E-state index in [9.17, 15) is 9.59 Å². The van der Waals surface area contributed by atoms with Gasteiger partial charge in [0.05, 0.1) is 12.8 Å². The monoisotopic (exact) mass is 294 g/mol. The first-order valence-corrected chi connectivity index (χ1v) is 6.83. The second kappa shape index (κ2) is 6.13. The molecule has 0 fully saturated rings. The van der Waals surface area contributed by atoms with Crippen LogP contribution in [0.15, 0.2) is 64.0 Å². The van der Waals surface area contributed by atoms with Gasteiger partial charge in [-0.1, -0.05) is 18.2 Å². The summed E-state index contributed by atoms with van der Waals surface area (Å²) in [5.74, 6) is 0.384. The summed E-state index contributed by atoms with van der Waals surface area (Å²) in [4.78, 5) is 26.5. The maximum absolute atomic E-state index is 11.9. The number of furan rings is 1. The quantitative estimate of drug-likeness (QED) is 0.726.